The lowest BCUT2D eigenvalue weighted by Gasteiger charge is -2.50. The van der Waals surface area contributed by atoms with Gasteiger partial charge in [0.05, 0.1) is 17.7 Å². The number of primary amides is 1. The van der Waals surface area contributed by atoms with E-state index in [2.05, 4.69) is 6.07 Å². The zero-order chi connectivity index (χ0) is 31.4. The number of phenolic OH excluding ortho intramolecular Hbond substituents is 1. The highest BCUT2D eigenvalue weighted by atomic mass is 16.3. The Bertz CT molecular complexity index is 1650. The fourth-order valence-electron chi connectivity index (χ4n) is 6.98. The standard InChI is InChI=1S/C32H34N4O7/c1-35(2)26-21-14-18-13-20-19(17-7-4-6-16(12-17)15-36(3)11-5-10-33)8-9-22(37)24(20)27(38)23(18)29(40)32(21,43)30(41)25(28(26)39)31(34)42/h4,6-9,12,18,21,26,37-38,41,43H,5,11,13-15H2,1-3H3,(H2,34,42)/t18-,21-,26-,32-/m0/s1. The maximum atomic E-state index is 14.0. The number of benzene rings is 2. The molecule has 1 saturated carbocycles. The third-order valence-corrected chi connectivity index (χ3v) is 8.90. The van der Waals surface area contributed by atoms with E-state index < -0.39 is 58.0 Å². The zero-order valence-electron chi connectivity index (χ0n) is 24.2. The Balaban J connectivity index is 1.63. The largest absolute Gasteiger partial charge is 0.508 e. The number of carbonyl (C=O) groups excluding carboxylic acids is 3. The van der Waals surface area contributed by atoms with Crippen molar-refractivity contribution in [2.24, 2.45) is 17.6 Å². The first-order chi connectivity index (χ1) is 20.3. The van der Waals surface area contributed by atoms with Gasteiger partial charge in [0.15, 0.2) is 11.4 Å². The van der Waals surface area contributed by atoms with Crippen molar-refractivity contribution in [3.8, 4) is 22.9 Å². The molecular weight excluding hydrogens is 552 g/mol. The van der Waals surface area contributed by atoms with Crippen LogP contribution in [0, 0.1) is 23.2 Å². The first kappa shape index (κ1) is 30.0. The average Bonchev–Trinajstić information content (AvgIpc) is 2.93. The van der Waals surface area contributed by atoms with Gasteiger partial charge in [-0.2, -0.15) is 5.26 Å². The number of carbonyl (C=O) groups is 3. The van der Waals surface area contributed by atoms with Crippen LogP contribution < -0.4 is 5.73 Å². The molecule has 43 heavy (non-hydrogen) atoms. The van der Waals surface area contributed by atoms with E-state index >= 15 is 0 Å². The molecule has 0 spiro atoms. The van der Waals surface area contributed by atoms with Crippen molar-refractivity contribution in [2.45, 2.75) is 37.5 Å². The highest BCUT2D eigenvalue weighted by molar-refractivity contribution is 6.24. The molecule has 0 bridgehead atoms. The Labute approximate surface area is 248 Å². The Morgan fingerprint density at radius 1 is 1.14 bits per heavy atom. The molecule has 4 atom stereocenters. The lowest BCUT2D eigenvalue weighted by Crippen LogP contribution is -2.65. The molecule has 0 aromatic heterocycles. The van der Waals surface area contributed by atoms with Gasteiger partial charge in [0, 0.05) is 31.0 Å². The number of aromatic hydroxyl groups is 1. The summed E-state index contributed by atoms with van der Waals surface area (Å²) < 4.78 is 0. The number of aliphatic hydroxyl groups is 3. The van der Waals surface area contributed by atoms with Gasteiger partial charge in [0.25, 0.3) is 5.91 Å². The summed E-state index contributed by atoms with van der Waals surface area (Å²) in [6.07, 6.45) is 0.624. The molecule has 0 aliphatic heterocycles. The molecule has 2 aromatic carbocycles. The summed E-state index contributed by atoms with van der Waals surface area (Å²) in [7, 11) is 5.05. The fourth-order valence-corrected chi connectivity index (χ4v) is 6.98. The molecule has 0 unspecified atom stereocenters. The number of nitrogens with zero attached hydrogens (tertiary/aromatic N) is 3. The first-order valence-corrected chi connectivity index (χ1v) is 14.0. The number of aliphatic hydroxyl groups excluding tert-OH is 2. The number of likely N-dealkylation sites (N-methyl/N-ethyl adjacent to an activating group) is 1. The molecule has 3 aliphatic rings. The number of fused-ring (bicyclic) bond motifs is 3. The molecule has 0 radical (unpaired) electrons. The normalized spacial score (nSPS) is 25.0. The molecule has 3 aliphatic carbocycles. The number of nitrogens with two attached hydrogens (primary N) is 1. The van der Waals surface area contributed by atoms with Crippen molar-refractivity contribution in [3.63, 3.8) is 0 Å². The molecule has 5 rings (SSSR count). The third kappa shape index (κ3) is 4.68. The van der Waals surface area contributed by atoms with Gasteiger partial charge in [-0.1, -0.05) is 24.3 Å². The van der Waals surface area contributed by atoms with Crippen LogP contribution in [-0.4, -0.2) is 87.0 Å². The van der Waals surface area contributed by atoms with Gasteiger partial charge in [0.1, 0.15) is 22.8 Å². The summed E-state index contributed by atoms with van der Waals surface area (Å²) in [6, 6.07) is 11.9. The van der Waals surface area contributed by atoms with Crippen LogP contribution in [0.15, 0.2) is 53.3 Å². The number of phenols is 1. The fraction of sp³-hybridized carbons (Fsp3) is 0.375. The van der Waals surface area contributed by atoms with Crippen molar-refractivity contribution < 1.29 is 34.8 Å². The second-order valence-corrected chi connectivity index (χ2v) is 11.8. The van der Waals surface area contributed by atoms with Crippen molar-refractivity contribution in [1.29, 1.82) is 5.26 Å². The number of hydrogen-bond donors (Lipinski definition) is 5. The monoisotopic (exact) mass is 586 g/mol. The van der Waals surface area contributed by atoms with E-state index in [0.29, 0.717) is 25.1 Å². The van der Waals surface area contributed by atoms with Crippen molar-refractivity contribution in [1.82, 2.24) is 9.80 Å². The maximum Gasteiger partial charge on any atom is 0.255 e. The molecule has 0 heterocycles. The summed E-state index contributed by atoms with van der Waals surface area (Å²) in [5, 5.41) is 54.0. The number of rotatable bonds is 7. The average molecular weight is 587 g/mol. The summed E-state index contributed by atoms with van der Waals surface area (Å²) in [5.41, 5.74) is 4.87. The van der Waals surface area contributed by atoms with Gasteiger partial charge in [-0.05, 0) is 74.3 Å². The molecule has 1 fully saturated rings. The quantitative estimate of drug-likeness (QED) is 0.300. The maximum absolute atomic E-state index is 14.0. The number of amides is 1. The van der Waals surface area contributed by atoms with E-state index in [1.165, 1.54) is 11.0 Å². The van der Waals surface area contributed by atoms with Gasteiger partial charge in [-0.25, -0.2) is 0 Å². The Kier molecular flexibility index (Phi) is 7.64. The van der Waals surface area contributed by atoms with Gasteiger partial charge in [-0.3, -0.25) is 19.3 Å². The van der Waals surface area contributed by atoms with E-state index in [1.807, 2.05) is 36.2 Å². The number of nitriles is 1. The van der Waals surface area contributed by atoms with Crippen LogP contribution in [0.25, 0.3) is 16.9 Å². The van der Waals surface area contributed by atoms with E-state index in [1.54, 1.807) is 20.2 Å². The topological polar surface area (TPSA) is 188 Å². The van der Waals surface area contributed by atoms with Crippen LogP contribution in [0.3, 0.4) is 0 Å². The van der Waals surface area contributed by atoms with Gasteiger partial charge in [0.2, 0.25) is 5.78 Å². The van der Waals surface area contributed by atoms with Crippen LogP contribution in [0.4, 0.5) is 0 Å². The number of Topliss-reactive ketones (excluding diaryl/α,β-unsaturated/α-hetero) is 2. The molecule has 6 N–H and O–H groups in total. The Morgan fingerprint density at radius 3 is 2.51 bits per heavy atom. The van der Waals surface area contributed by atoms with Crippen LogP contribution in [0.2, 0.25) is 0 Å². The van der Waals surface area contributed by atoms with Crippen LogP contribution in [0.5, 0.6) is 5.75 Å². The van der Waals surface area contributed by atoms with Crippen LogP contribution >= 0.6 is 0 Å². The lowest BCUT2D eigenvalue weighted by molar-refractivity contribution is -0.153. The van der Waals surface area contributed by atoms with E-state index in [9.17, 15) is 34.8 Å². The van der Waals surface area contributed by atoms with Gasteiger partial charge < -0.3 is 31.1 Å². The Hall–Kier alpha value is -4.50. The number of hydrogen-bond acceptors (Lipinski definition) is 10. The molecule has 2 aromatic rings. The minimum Gasteiger partial charge on any atom is -0.508 e. The van der Waals surface area contributed by atoms with E-state index in [4.69, 9.17) is 11.0 Å². The highest BCUT2D eigenvalue weighted by Crippen LogP contribution is 2.53. The second kappa shape index (κ2) is 11.0. The molecule has 11 nitrogen and oxygen atoms in total. The lowest BCUT2D eigenvalue weighted by atomic mass is 9.57. The highest BCUT2D eigenvalue weighted by Gasteiger charge is 2.64. The summed E-state index contributed by atoms with van der Waals surface area (Å²) >= 11 is 0. The molecular formula is C32H34N4O7. The van der Waals surface area contributed by atoms with Crippen LogP contribution in [-0.2, 0) is 27.3 Å². The summed E-state index contributed by atoms with van der Waals surface area (Å²) in [5.74, 6) is -6.81. The molecule has 224 valence electrons. The van der Waals surface area contributed by atoms with Crippen molar-refractivity contribution in [3.05, 3.63) is 70.0 Å². The first-order valence-electron chi connectivity index (χ1n) is 14.0. The van der Waals surface area contributed by atoms with Gasteiger partial charge in [-0.15, -0.1) is 0 Å². The molecule has 0 saturated heterocycles. The predicted octanol–water partition coefficient (Wildman–Crippen LogP) is 1.98. The predicted molar refractivity (Wildman–Crippen MR) is 156 cm³/mol. The molecule has 1 amide bonds. The number of ketones is 2. The van der Waals surface area contributed by atoms with E-state index in [-0.39, 0.29) is 29.7 Å². The SMILES string of the molecule is CN(CCC#N)Cc1cccc(-c2ccc(O)c3c2C[C@H]2C[C@H]4[C@H](N(C)C)C(=O)C(C(N)=O)=C(O)[C@@]4(O)C(=O)C2=C3O)c1. The Morgan fingerprint density at radius 2 is 1.86 bits per heavy atom. The van der Waals surface area contributed by atoms with Gasteiger partial charge >= 0.3 is 0 Å². The molecule has 11 heteroatoms. The third-order valence-electron chi connectivity index (χ3n) is 8.90. The zero-order valence-corrected chi connectivity index (χ0v) is 24.2. The smallest absolute Gasteiger partial charge is 0.255 e. The minimum absolute atomic E-state index is 0.0184. The summed E-state index contributed by atoms with van der Waals surface area (Å²) in [6.45, 7) is 1.22. The van der Waals surface area contributed by atoms with Crippen molar-refractivity contribution in [2.75, 3.05) is 27.7 Å². The van der Waals surface area contributed by atoms with Crippen LogP contribution in [0.1, 0.15) is 29.5 Å². The van der Waals surface area contributed by atoms with Crippen molar-refractivity contribution >= 4 is 23.2 Å². The second-order valence-electron chi connectivity index (χ2n) is 11.8. The summed E-state index contributed by atoms with van der Waals surface area (Å²) in [4.78, 5) is 43.0. The minimum atomic E-state index is -2.68. The van der Waals surface area contributed by atoms with E-state index in [0.717, 1.165) is 16.7 Å².